The molecule has 0 saturated carbocycles. The number of aromatic nitrogens is 3. The lowest BCUT2D eigenvalue weighted by molar-refractivity contribution is 0.457. The molecule has 30 heavy (non-hydrogen) atoms. The van der Waals surface area contributed by atoms with Gasteiger partial charge in [0.05, 0.1) is 18.1 Å². The Balaban J connectivity index is 1.59. The highest BCUT2D eigenvalue weighted by molar-refractivity contribution is 6.35. The molecule has 0 amide bonds. The average Bonchev–Trinajstić information content (AvgIpc) is 2.74. The van der Waals surface area contributed by atoms with Crippen LogP contribution >= 0.6 is 23.2 Å². The van der Waals surface area contributed by atoms with Gasteiger partial charge < -0.3 is 9.64 Å². The Kier molecular flexibility index (Phi) is 6.70. The van der Waals surface area contributed by atoms with E-state index in [2.05, 4.69) is 26.8 Å². The third kappa shape index (κ3) is 5.21. The van der Waals surface area contributed by atoms with Gasteiger partial charge >= 0.3 is 0 Å². The maximum absolute atomic E-state index is 6.19. The molecular weight excluding hydrogens is 419 g/mol. The van der Waals surface area contributed by atoms with Gasteiger partial charge in [-0.1, -0.05) is 36.5 Å². The minimum absolute atomic E-state index is 0.501. The summed E-state index contributed by atoms with van der Waals surface area (Å²) in [6, 6.07) is 9.42. The van der Waals surface area contributed by atoms with E-state index in [0.29, 0.717) is 21.7 Å². The fourth-order valence-electron chi connectivity index (χ4n) is 3.63. The molecule has 5 nitrogen and oxygen atoms in total. The minimum Gasteiger partial charge on any atom is -0.436 e. The van der Waals surface area contributed by atoms with Crippen molar-refractivity contribution < 1.29 is 4.74 Å². The van der Waals surface area contributed by atoms with Gasteiger partial charge in [0.2, 0.25) is 11.8 Å². The van der Waals surface area contributed by atoms with Crippen molar-refractivity contribution in [3.05, 3.63) is 58.3 Å². The van der Waals surface area contributed by atoms with Crippen LogP contribution in [0.3, 0.4) is 0 Å². The Hall–Kier alpha value is -2.37. The first-order valence-corrected chi connectivity index (χ1v) is 11.1. The maximum Gasteiger partial charge on any atom is 0.225 e. The fourth-order valence-corrected chi connectivity index (χ4v) is 4.16. The normalized spacial score (nSPS) is 14.0. The molecule has 0 atom stereocenters. The number of nitrogens with zero attached hydrogens (tertiary/aromatic N) is 4. The highest BCUT2D eigenvalue weighted by Crippen LogP contribution is 2.30. The number of hydrogen-bond donors (Lipinski definition) is 0. The lowest BCUT2D eigenvalue weighted by Gasteiger charge is -2.26. The molecule has 1 aliphatic heterocycles. The number of rotatable bonds is 6. The van der Waals surface area contributed by atoms with Crippen LogP contribution in [0.15, 0.2) is 42.7 Å². The lowest BCUT2D eigenvalue weighted by atomic mass is 10.1. The van der Waals surface area contributed by atoms with Gasteiger partial charge in [0.25, 0.3) is 0 Å². The van der Waals surface area contributed by atoms with Gasteiger partial charge in [0, 0.05) is 34.8 Å². The molecule has 3 heterocycles. The van der Waals surface area contributed by atoms with Crippen LogP contribution in [0.1, 0.15) is 38.2 Å². The highest BCUT2D eigenvalue weighted by atomic mass is 35.5. The largest absolute Gasteiger partial charge is 0.436 e. The molecule has 156 valence electrons. The van der Waals surface area contributed by atoms with Crippen LogP contribution in [-0.4, -0.2) is 28.0 Å². The minimum atomic E-state index is 0.501. The number of halogens is 2. The predicted molar refractivity (Wildman–Crippen MR) is 122 cm³/mol. The van der Waals surface area contributed by atoms with Gasteiger partial charge in [-0.2, -0.15) is 0 Å². The van der Waals surface area contributed by atoms with E-state index in [9.17, 15) is 0 Å². The van der Waals surface area contributed by atoms with Crippen LogP contribution in [0.4, 0.5) is 5.95 Å². The highest BCUT2D eigenvalue weighted by Gasteiger charge is 2.14. The number of anilines is 1. The van der Waals surface area contributed by atoms with E-state index >= 15 is 0 Å². The number of ether oxygens (including phenoxy) is 1. The van der Waals surface area contributed by atoms with Gasteiger partial charge in [0.1, 0.15) is 0 Å². The molecule has 7 heteroatoms. The zero-order valence-electron chi connectivity index (χ0n) is 16.9. The van der Waals surface area contributed by atoms with E-state index in [1.54, 1.807) is 18.5 Å². The Morgan fingerprint density at radius 2 is 1.63 bits per heavy atom. The topological polar surface area (TPSA) is 51.1 Å². The summed E-state index contributed by atoms with van der Waals surface area (Å²) in [6.45, 7) is 4.16. The zero-order valence-corrected chi connectivity index (χ0v) is 18.5. The van der Waals surface area contributed by atoms with Crippen molar-refractivity contribution in [2.24, 2.45) is 0 Å². The Morgan fingerprint density at radius 3 is 2.30 bits per heavy atom. The summed E-state index contributed by atoms with van der Waals surface area (Å²) < 4.78 is 6.01. The Labute approximate surface area is 187 Å². The molecule has 1 aromatic carbocycles. The van der Waals surface area contributed by atoms with Crippen LogP contribution in [0.2, 0.25) is 10.0 Å². The molecule has 0 unspecified atom stereocenters. The van der Waals surface area contributed by atoms with Crippen LogP contribution in [-0.2, 0) is 6.42 Å². The van der Waals surface area contributed by atoms with Crippen molar-refractivity contribution in [1.82, 2.24) is 15.0 Å². The van der Waals surface area contributed by atoms with E-state index in [0.717, 1.165) is 48.7 Å². The van der Waals surface area contributed by atoms with Crippen molar-refractivity contribution in [1.29, 1.82) is 0 Å². The second kappa shape index (κ2) is 9.63. The number of piperidine rings is 1. The summed E-state index contributed by atoms with van der Waals surface area (Å²) in [5, 5.41) is 1.15. The molecule has 0 bridgehead atoms. The third-order valence-corrected chi connectivity index (χ3v) is 5.47. The lowest BCUT2D eigenvalue weighted by Crippen LogP contribution is -2.30. The standard InChI is InChI=1S/C23H24Cl2N4O/c1-2-6-16-9-21(17-11-18(24)13-19(25)12-17)28-22(10-16)30-20-14-26-23(27-15-20)29-7-4-3-5-8-29/h9-15H,2-8H2,1H3. The SMILES string of the molecule is CCCc1cc(Oc2cnc(N3CCCCC3)nc2)nc(-c2cc(Cl)cc(Cl)c2)c1. The summed E-state index contributed by atoms with van der Waals surface area (Å²) in [6.07, 6.45) is 9.01. The molecule has 0 spiro atoms. The molecule has 0 N–H and O–H groups in total. The summed E-state index contributed by atoms with van der Waals surface area (Å²) in [5.74, 6) is 1.82. The van der Waals surface area contributed by atoms with Gasteiger partial charge in [-0.05, 0) is 55.5 Å². The quantitative estimate of drug-likeness (QED) is 0.431. The van der Waals surface area contributed by atoms with Crippen LogP contribution < -0.4 is 9.64 Å². The molecule has 0 radical (unpaired) electrons. The molecule has 1 fully saturated rings. The van der Waals surface area contributed by atoms with Crippen molar-refractivity contribution in [3.8, 4) is 22.9 Å². The van der Waals surface area contributed by atoms with Crippen LogP contribution in [0, 0.1) is 0 Å². The summed E-state index contributed by atoms with van der Waals surface area (Å²) in [4.78, 5) is 15.9. The average molecular weight is 443 g/mol. The van der Waals surface area contributed by atoms with E-state index in [4.69, 9.17) is 27.9 Å². The van der Waals surface area contributed by atoms with Crippen LogP contribution in [0.5, 0.6) is 11.6 Å². The Morgan fingerprint density at radius 1 is 0.933 bits per heavy atom. The predicted octanol–water partition coefficient (Wildman–Crippen LogP) is 6.58. The van der Waals surface area contributed by atoms with Crippen LogP contribution in [0.25, 0.3) is 11.3 Å². The monoisotopic (exact) mass is 442 g/mol. The zero-order chi connectivity index (χ0) is 20.9. The van der Waals surface area contributed by atoms with Crippen molar-refractivity contribution >= 4 is 29.2 Å². The molecule has 3 aromatic rings. The van der Waals surface area contributed by atoms with Gasteiger partial charge in [-0.3, -0.25) is 0 Å². The first-order chi connectivity index (χ1) is 14.6. The second-order valence-electron chi connectivity index (χ2n) is 7.48. The molecule has 2 aromatic heterocycles. The third-order valence-electron chi connectivity index (χ3n) is 5.03. The number of benzene rings is 1. The van der Waals surface area contributed by atoms with E-state index in [-0.39, 0.29) is 0 Å². The first-order valence-electron chi connectivity index (χ1n) is 10.3. The van der Waals surface area contributed by atoms with Gasteiger partial charge in [-0.15, -0.1) is 0 Å². The molecule has 1 aliphatic rings. The summed E-state index contributed by atoms with van der Waals surface area (Å²) in [5.41, 5.74) is 2.76. The molecule has 1 saturated heterocycles. The number of pyridine rings is 1. The number of aryl methyl sites for hydroxylation is 1. The van der Waals surface area contributed by atoms with Gasteiger partial charge in [-0.25, -0.2) is 15.0 Å². The van der Waals surface area contributed by atoms with Crippen molar-refractivity contribution in [3.63, 3.8) is 0 Å². The van der Waals surface area contributed by atoms with E-state index in [1.807, 2.05) is 24.3 Å². The van der Waals surface area contributed by atoms with Crippen molar-refractivity contribution in [2.75, 3.05) is 18.0 Å². The van der Waals surface area contributed by atoms with E-state index < -0.39 is 0 Å². The molecule has 0 aliphatic carbocycles. The maximum atomic E-state index is 6.19. The Bertz CT molecular complexity index is 984. The van der Waals surface area contributed by atoms with Crippen molar-refractivity contribution in [2.45, 2.75) is 39.0 Å². The van der Waals surface area contributed by atoms with Gasteiger partial charge in [0.15, 0.2) is 5.75 Å². The smallest absolute Gasteiger partial charge is 0.225 e. The van der Waals surface area contributed by atoms with E-state index in [1.165, 1.54) is 19.3 Å². The molecule has 4 rings (SSSR count). The fraction of sp³-hybridized carbons (Fsp3) is 0.348. The number of hydrogen-bond acceptors (Lipinski definition) is 5. The first kappa shape index (κ1) is 20.9. The second-order valence-corrected chi connectivity index (χ2v) is 8.35. The molecular formula is C23H24Cl2N4O. The summed E-state index contributed by atoms with van der Waals surface area (Å²) in [7, 11) is 0. The summed E-state index contributed by atoms with van der Waals surface area (Å²) >= 11 is 12.4.